The molecule has 4 nitrogen and oxygen atoms in total. The van der Waals surface area contributed by atoms with Crippen LogP contribution in [0.1, 0.15) is 24.0 Å². The van der Waals surface area contributed by atoms with Gasteiger partial charge in [0.25, 0.3) is 0 Å². The molecule has 1 aromatic rings. The van der Waals surface area contributed by atoms with Gasteiger partial charge in [0.2, 0.25) is 10.0 Å². The third-order valence-corrected chi connectivity index (χ3v) is 4.72. The van der Waals surface area contributed by atoms with Crippen molar-refractivity contribution < 1.29 is 13.2 Å². The van der Waals surface area contributed by atoms with Crippen molar-refractivity contribution in [2.24, 2.45) is 0 Å². The van der Waals surface area contributed by atoms with Crippen molar-refractivity contribution in [1.82, 2.24) is 4.72 Å². The summed E-state index contributed by atoms with van der Waals surface area (Å²) in [4.78, 5) is 0.362. The summed E-state index contributed by atoms with van der Waals surface area (Å²) in [7, 11) is -3.43. The molecule has 0 unspecified atom stereocenters. The average molecular weight is 269 g/mol. The lowest BCUT2D eigenvalue weighted by Crippen LogP contribution is -2.32. The van der Waals surface area contributed by atoms with Crippen LogP contribution in [0.5, 0.6) is 0 Å². The number of hydrogen-bond donors (Lipinski definition) is 1. The molecule has 1 aliphatic rings. The van der Waals surface area contributed by atoms with Crippen LogP contribution in [-0.4, -0.2) is 27.7 Å². The fraction of sp³-hybridized carbons (Fsp3) is 0.538. The van der Waals surface area contributed by atoms with E-state index in [0.29, 0.717) is 11.4 Å². The number of rotatable bonds is 4. The molecule has 0 saturated carbocycles. The number of ether oxygens (including phenoxy) is 1. The molecule has 0 amide bonds. The van der Waals surface area contributed by atoms with Gasteiger partial charge in [-0.25, -0.2) is 13.1 Å². The third kappa shape index (κ3) is 3.10. The molecule has 0 spiro atoms. The summed E-state index contributed by atoms with van der Waals surface area (Å²) in [6.07, 6.45) is 1.95. The second-order valence-corrected chi connectivity index (χ2v) is 6.49. The summed E-state index contributed by atoms with van der Waals surface area (Å²) in [6.45, 7) is 4.78. The normalized spacial score (nSPS) is 20.2. The van der Waals surface area contributed by atoms with Crippen LogP contribution >= 0.6 is 0 Å². The SMILES string of the molecule is Cc1ccc(C)c(S(=O)(=O)NC[C@H]2CCCO2)c1. The van der Waals surface area contributed by atoms with Crippen LogP contribution in [0.3, 0.4) is 0 Å². The molecule has 0 aromatic heterocycles. The number of aryl methyl sites for hydroxylation is 2. The van der Waals surface area contributed by atoms with E-state index in [4.69, 9.17) is 4.74 Å². The Kier molecular flexibility index (Phi) is 4.04. The second kappa shape index (κ2) is 5.38. The van der Waals surface area contributed by atoms with Crippen molar-refractivity contribution in [1.29, 1.82) is 0 Å². The fourth-order valence-electron chi connectivity index (χ4n) is 2.08. The van der Waals surface area contributed by atoms with Crippen molar-refractivity contribution in [3.8, 4) is 0 Å². The van der Waals surface area contributed by atoms with Gasteiger partial charge in [-0.15, -0.1) is 0 Å². The number of hydrogen-bond acceptors (Lipinski definition) is 3. The summed E-state index contributed by atoms with van der Waals surface area (Å²) in [6, 6.07) is 5.44. The zero-order valence-corrected chi connectivity index (χ0v) is 11.6. The first kappa shape index (κ1) is 13.5. The Morgan fingerprint density at radius 2 is 2.17 bits per heavy atom. The molecular formula is C13H19NO3S. The largest absolute Gasteiger partial charge is 0.377 e. The zero-order valence-electron chi connectivity index (χ0n) is 10.8. The van der Waals surface area contributed by atoms with Crippen LogP contribution in [0, 0.1) is 13.8 Å². The molecule has 18 heavy (non-hydrogen) atoms. The highest BCUT2D eigenvalue weighted by atomic mass is 32.2. The molecule has 0 radical (unpaired) electrons. The van der Waals surface area contributed by atoms with Crippen molar-refractivity contribution in [3.63, 3.8) is 0 Å². The van der Waals surface area contributed by atoms with Crippen LogP contribution in [0.4, 0.5) is 0 Å². The van der Waals surface area contributed by atoms with Crippen LogP contribution in [-0.2, 0) is 14.8 Å². The Morgan fingerprint density at radius 3 is 2.83 bits per heavy atom. The Bertz CT molecular complexity index is 519. The fourth-order valence-corrected chi connectivity index (χ4v) is 3.48. The van der Waals surface area contributed by atoms with Gasteiger partial charge < -0.3 is 4.74 Å². The van der Waals surface area contributed by atoms with E-state index in [1.807, 2.05) is 19.1 Å². The molecule has 0 aliphatic carbocycles. The summed E-state index contributed by atoms with van der Waals surface area (Å²) in [5, 5.41) is 0. The monoisotopic (exact) mass is 269 g/mol. The van der Waals surface area contributed by atoms with E-state index in [1.165, 1.54) is 0 Å². The lowest BCUT2D eigenvalue weighted by molar-refractivity contribution is 0.114. The Morgan fingerprint density at radius 1 is 1.39 bits per heavy atom. The molecule has 5 heteroatoms. The van der Waals surface area contributed by atoms with Gasteiger partial charge in [-0.05, 0) is 43.9 Å². The van der Waals surface area contributed by atoms with Crippen molar-refractivity contribution in [2.45, 2.75) is 37.7 Å². The van der Waals surface area contributed by atoms with Gasteiger partial charge in [-0.3, -0.25) is 0 Å². The standard InChI is InChI=1S/C13H19NO3S/c1-10-5-6-11(2)13(8-10)18(15,16)14-9-12-4-3-7-17-12/h5-6,8,12,14H,3-4,7,9H2,1-2H3/t12-/m1/s1. The van der Waals surface area contributed by atoms with E-state index >= 15 is 0 Å². The first-order valence-electron chi connectivity index (χ1n) is 6.17. The molecule has 1 atom stereocenters. The topological polar surface area (TPSA) is 55.4 Å². The molecule has 1 heterocycles. The maximum Gasteiger partial charge on any atom is 0.240 e. The minimum Gasteiger partial charge on any atom is -0.377 e. The highest BCUT2D eigenvalue weighted by Gasteiger charge is 2.21. The van der Waals surface area contributed by atoms with E-state index in [-0.39, 0.29) is 6.10 Å². The minimum absolute atomic E-state index is 0.0184. The molecule has 1 N–H and O–H groups in total. The Labute approximate surface area is 108 Å². The first-order valence-corrected chi connectivity index (χ1v) is 7.66. The molecule has 0 bridgehead atoms. The van der Waals surface area contributed by atoms with Crippen molar-refractivity contribution in [2.75, 3.05) is 13.2 Å². The second-order valence-electron chi connectivity index (χ2n) is 4.76. The van der Waals surface area contributed by atoms with Crippen LogP contribution in [0.15, 0.2) is 23.1 Å². The molecule has 1 saturated heterocycles. The predicted octanol–water partition coefficient (Wildman–Crippen LogP) is 1.76. The summed E-state index contributed by atoms with van der Waals surface area (Å²) < 4.78 is 32.4. The van der Waals surface area contributed by atoms with Gasteiger partial charge in [0, 0.05) is 13.2 Å². The molecule has 100 valence electrons. The van der Waals surface area contributed by atoms with E-state index < -0.39 is 10.0 Å². The van der Waals surface area contributed by atoms with E-state index in [0.717, 1.165) is 30.6 Å². The molecule has 1 aromatic carbocycles. The third-order valence-electron chi connectivity index (χ3n) is 3.16. The van der Waals surface area contributed by atoms with Gasteiger partial charge in [0.15, 0.2) is 0 Å². The highest BCUT2D eigenvalue weighted by molar-refractivity contribution is 7.89. The number of nitrogens with one attached hydrogen (secondary N) is 1. The van der Waals surface area contributed by atoms with Crippen molar-refractivity contribution in [3.05, 3.63) is 29.3 Å². The molecule has 2 rings (SSSR count). The lowest BCUT2D eigenvalue weighted by atomic mass is 10.2. The minimum atomic E-state index is -3.43. The Hall–Kier alpha value is -0.910. The number of benzene rings is 1. The van der Waals surface area contributed by atoms with Gasteiger partial charge in [-0.2, -0.15) is 0 Å². The van der Waals surface area contributed by atoms with Gasteiger partial charge >= 0.3 is 0 Å². The maximum absolute atomic E-state index is 12.2. The highest BCUT2D eigenvalue weighted by Crippen LogP contribution is 2.17. The molecular weight excluding hydrogens is 250 g/mol. The summed E-state index contributed by atoms with van der Waals surface area (Å²) >= 11 is 0. The van der Waals surface area contributed by atoms with Gasteiger partial charge in [-0.1, -0.05) is 12.1 Å². The zero-order chi connectivity index (χ0) is 13.2. The quantitative estimate of drug-likeness (QED) is 0.906. The lowest BCUT2D eigenvalue weighted by Gasteiger charge is -2.13. The van der Waals surface area contributed by atoms with E-state index in [2.05, 4.69) is 4.72 Å². The maximum atomic E-state index is 12.2. The average Bonchev–Trinajstić information content (AvgIpc) is 2.83. The van der Waals surface area contributed by atoms with Gasteiger partial charge in [0.05, 0.1) is 11.0 Å². The van der Waals surface area contributed by atoms with Gasteiger partial charge in [0.1, 0.15) is 0 Å². The summed E-state index contributed by atoms with van der Waals surface area (Å²) in [5.74, 6) is 0. The van der Waals surface area contributed by atoms with Crippen molar-refractivity contribution >= 4 is 10.0 Å². The molecule has 1 fully saturated rings. The smallest absolute Gasteiger partial charge is 0.240 e. The summed E-state index contributed by atoms with van der Waals surface area (Å²) in [5.41, 5.74) is 1.71. The predicted molar refractivity (Wildman–Crippen MR) is 70.1 cm³/mol. The van der Waals surface area contributed by atoms with Crippen LogP contribution < -0.4 is 4.72 Å². The van der Waals surface area contributed by atoms with E-state index in [1.54, 1.807) is 13.0 Å². The molecule has 1 aliphatic heterocycles. The number of sulfonamides is 1. The first-order chi connectivity index (χ1) is 8.49. The Balaban J connectivity index is 2.12. The van der Waals surface area contributed by atoms with E-state index in [9.17, 15) is 8.42 Å². The van der Waals surface area contributed by atoms with Crippen LogP contribution in [0.25, 0.3) is 0 Å². The van der Waals surface area contributed by atoms with Crippen LogP contribution in [0.2, 0.25) is 0 Å².